The predicted octanol–water partition coefficient (Wildman–Crippen LogP) is 3.71. The zero-order chi connectivity index (χ0) is 14.7. The normalized spacial score (nSPS) is 12.5. The largest absolute Gasteiger partial charge is 0.489 e. The number of hydrogen-bond donors (Lipinski definition) is 1. The Morgan fingerprint density at radius 1 is 1.20 bits per heavy atom. The Kier molecular flexibility index (Phi) is 4.57. The summed E-state index contributed by atoms with van der Waals surface area (Å²) < 4.78 is 19.0. The summed E-state index contributed by atoms with van der Waals surface area (Å²) in [6.45, 7) is 3.86. The molecule has 1 atom stereocenters. The van der Waals surface area contributed by atoms with Crippen molar-refractivity contribution in [3.63, 3.8) is 0 Å². The van der Waals surface area contributed by atoms with Crippen LogP contribution in [0.3, 0.4) is 0 Å². The minimum absolute atomic E-state index is 0.0521. The minimum Gasteiger partial charge on any atom is -0.489 e. The molecule has 2 rings (SSSR count). The van der Waals surface area contributed by atoms with Crippen molar-refractivity contribution in [3.8, 4) is 5.75 Å². The van der Waals surface area contributed by atoms with Crippen molar-refractivity contribution in [3.05, 3.63) is 58.6 Å². The summed E-state index contributed by atoms with van der Waals surface area (Å²) in [5, 5.41) is 0.0796. The van der Waals surface area contributed by atoms with Gasteiger partial charge in [-0.25, -0.2) is 4.39 Å². The van der Waals surface area contributed by atoms with Crippen molar-refractivity contribution in [2.24, 2.45) is 5.73 Å². The summed E-state index contributed by atoms with van der Waals surface area (Å²) in [5.74, 6) is 0.157. The zero-order valence-electron chi connectivity index (χ0n) is 11.3. The summed E-state index contributed by atoms with van der Waals surface area (Å²) >= 11 is 5.67. The molecule has 0 aliphatic carbocycles. The lowest BCUT2D eigenvalue weighted by molar-refractivity contribution is 0.241. The number of pyridine rings is 1. The molecule has 3 nitrogen and oxygen atoms in total. The number of nitrogens with zero attached hydrogens (tertiary/aromatic N) is 1. The van der Waals surface area contributed by atoms with Gasteiger partial charge in [0.05, 0.1) is 23.4 Å². The molecule has 0 saturated carbocycles. The van der Waals surface area contributed by atoms with E-state index in [9.17, 15) is 4.39 Å². The van der Waals surface area contributed by atoms with E-state index < -0.39 is 11.9 Å². The highest BCUT2D eigenvalue weighted by molar-refractivity contribution is 6.30. The van der Waals surface area contributed by atoms with Crippen LogP contribution in [0.5, 0.6) is 5.75 Å². The standard InChI is InChI=1S/C15H16ClFN2O/c1-9(2)20-12-5-11(7-19-8-12)15(18)10-3-4-13(16)14(17)6-10/h3-9,15H,18H2,1-2H3. The van der Waals surface area contributed by atoms with Gasteiger partial charge in [0.15, 0.2) is 0 Å². The lowest BCUT2D eigenvalue weighted by Crippen LogP contribution is -2.13. The second-order valence-corrected chi connectivity index (χ2v) is 5.18. The van der Waals surface area contributed by atoms with Gasteiger partial charge in [-0.15, -0.1) is 0 Å². The first-order valence-corrected chi connectivity index (χ1v) is 6.67. The predicted molar refractivity (Wildman–Crippen MR) is 77.4 cm³/mol. The van der Waals surface area contributed by atoms with Crippen LogP contribution < -0.4 is 10.5 Å². The van der Waals surface area contributed by atoms with Crippen LogP contribution in [0.4, 0.5) is 4.39 Å². The maximum atomic E-state index is 13.5. The molecule has 0 saturated heterocycles. The Balaban J connectivity index is 2.28. The summed E-state index contributed by atoms with van der Waals surface area (Å²) in [7, 11) is 0. The fraction of sp³-hybridized carbons (Fsp3) is 0.267. The number of nitrogens with two attached hydrogens (primary N) is 1. The quantitative estimate of drug-likeness (QED) is 0.935. The Labute approximate surface area is 122 Å². The Morgan fingerprint density at radius 2 is 1.95 bits per heavy atom. The first kappa shape index (κ1) is 14.8. The molecule has 5 heteroatoms. The highest BCUT2D eigenvalue weighted by Gasteiger charge is 2.13. The number of ether oxygens (including phenoxy) is 1. The molecule has 0 amide bonds. The highest BCUT2D eigenvalue weighted by atomic mass is 35.5. The van der Waals surface area contributed by atoms with Crippen molar-refractivity contribution < 1.29 is 9.13 Å². The SMILES string of the molecule is CC(C)Oc1cncc(C(N)c2ccc(Cl)c(F)c2)c1. The third-order valence-corrected chi connectivity index (χ3v) is 3.07. The van der Waals surface area contributed by atoms with Gasteiger partial charge in [0.2, 0.25) is 0 Å². The molecule has 0 fully saturated rings. The van der Waals surface area contributed by atoms with Crippen LogP contribution in [0.25, 0.3) is 0 Å². The molecule has 0 aliphatic heterocycles. The molecule has 1 unspecified atom stereocenters. The van der Waals surface area contributed by atoms with Crippen LogP contribution >= 0.6 is 11.6 Å². The molecule has 2 N–H and O–H groups in total. The second-order valence-electron chi connectivity index (χ2n) is 4.77. The van der Waals surface area contributed by atoms with Gasteiger partial charge in [-0.1, -0.05) is 17.7 Å². The molecular formula is C15H16ClFN2O. The molecule has 0 aliphatic rings. The molecule has 1 aromatic heterocycles. The minimum atomic E-state index is -0.484. The van der Waals surface area contributed by atoms with Gasteiger partial charge in [-0.3, -0.25) is 4.98 Å². The van der Waals surface area contributed by atoms with E-state index in [2.05, 4.69) is 4.98 Å². The summed E-state index contributed by atoms with van der Waals surface area (Å²) in [5.41, 5.74) is 7.52. The van der Waals surface area contributed by atoms with Gasteiger partial charge in [-0.05, 0) is 43.2 Å². The molecule has 20 heavy (non-hydrogen) atoms. The van der Waals surface area contributed by atoms with Gasteiger partial charge in [0.1, 0.15) is 11.6 Å². The van der Waals surface area contributed by atoms with Crippen molar-refractivity contribution >= 4 is 11.6 Å². The molecule has 0 bridgehead atoms. The van der Waals surface area contributed by atoms with Gasteiger partial charge >= 0.3 is 0 Å². The fourth-order valence-corrected chi connectivity index (χ4v) is 1.96. The van der Waals surface area contributed by atoms with E-state index in [4.69, 9.17) is 22.1 Å². The van der Waals surface area contributed by atoms with Gasteiger partial charge in [0, 0.05) is 6.20 Å². The van der Waals surface area contributed by atoms with E-state index in [1.165, 1.54) is 12.1 Å². The number of halogens is 2. The van der Waals surface area contributed by atoms with E-state index in [1.54, 1.807) is 18.5 Å². The second kappa shape index (κ2) is 6.20. The summed E-state index contributed by atoms with van der Waals surface area (Å²) in [6, 6.07) is 5.86. The first-order valence-electron chi connectivity index (χ1n) is 6.29. The smallest absolute Gasteiger partial charge is 0.142 e. The zero-order valence-corrected chi connectivity index (χ0v) is 12.1. The molecule has 0 spiro atoms. The van der Waals surface area contributed by atoms with Crippen molar-refractivity contribution in [2.75, 3.05) is 0 Å². The summed E-state index contributed by atoms with van der Waals surface area (Å²) in [6.07, 6.45) is 3.32. The topological polar surface area (TPSA) is 48.1 Å². The lowest BCUT2D eigenvalue weighted by atomic mass is 10.0. The summed E-state index contributed by atoms with van der Waals surface area (Å²) in [4.78, 5) is 4.10. The monoisotopic (exact) mass is 294 g/mol. The number of hydrogen-bond acceptors (Lipinski definition) is 3. The van der Waals surface area contributed by atoms with Crippen LogP contribution in [0.15, 0.2) is 36.7 Å². The van der Waals surface area contributed by atoms with E-state index in [1.807, 2.05) is 19.9 Å². The first-order chi connectivity index (χ1) is 9.47. The van der Waals surface area contributed by atoms with Crippen molar-refractivity contribution in [2.45, 2.75) is 26.0 Å². The van der Waals surface area contributed by atoms with E-state index >= 15 is 0 Å². The number of aromatic nitrogens is 1. The molecular weight excluding hydrogens is 279 g/mol. The van der Waals surface area contributed by atoms with Gasteiger partial charge in [0.25, 0.3) is 0 Å². The fourth-order valence-electron chi connectivity index (χ4n) is 1.84. The molecule has 0 radical (unpaired) electrons. The molecule has 1 aromatic carbocycles. The van der Waals surface area contributed by atoms with Crippen LogP contribution in [0.2, 0.25) is 5.02 Å². The maximum absolute atomic E-state index is 13.5. The third-order valence-electron chi connectivity index (χ3n) is 2.77. The van der Waals surface area contributed by atoms with Crippen LogP contribution in [0, 0.1) is 5.82 Å². The van der Waals surface area contributed by atoms with Crippen LogP contribution in [-0.2, 0) is 0 Å². The van der Waals surface area contributed by atoms with E-state index in [-0.39, 0.29) is 11.1 Å². The Bertz CT molecular complexity index is 604. The Hall–Kier alpha value is -1.65. The van der Waals surface area contributed by atoms with Gasteiger partial charge in [-0.2, -0.15) is 0 Å². The average molecular weight is 295 g/mol. The van der Waals surface area contributed by atoms with Crippen molar-refractivity contribution in [1.29, 1.82) is 0 Å². The highest BCUT2D eigenvalue weighted by Crippen LogP contribution is 2.25. The van der Waals surface area contributed by atoms with Gasteiger partial charge < -0.3 is 10.5 Å². The number of benzene rings is 1. The van der Waals surface area contributed by atoms with E-state index in [0.29, 0.717) is 11.3 Å². The lowest BCUT2D eigenvalue weighted by Gasteiger charge is -2.15. The average Bonchev–Trinajstić information content (AvgIpc) is 2.40. The van der Waals surface area contributed by atoms with Crippen molar-refractivity contribution in [1.82, 2.24) is 4.98 Å². The molecule has 106 valence electrons. The van der Waals surface area contributed by atoms with E-state index in [0.717, 1.165) is 5.56 Å². The van der Waals surface area contributed by atoms with Crippen LogP contribution in [-0.4, -0.2) is 11.1 Å². The van der Waals surface area contributed by atoms with Crippen LogP contribution in [0.1, 0.15) is 31.0 Å². The Morgan fingerprint density at radius 3 is 2.60 bits per heavy atom. The number of rotatable bonds is 4. The molecule has 2 aromatic rings. The third kappa shape index (κ3) is 3.46. The molecule has 1 heterocycles. The maximum Gasteiger partial charge on any atom is 0.142 e.